The molecule has 0 atom stereocenters. The molecular formula is C16H11BrFNO. The Balaban J connectivity index is 2.39. The quantitative estimate of drug-likeness (QED) is 0.704. The maximum atomic E-state index is 14.1. The number of hydrogen-bond donors (Lipinski definition) is 1. The van der Waals surface area contributed by atoms with E-state index in [-0.39, 0.29) is 10.8 Å². The number of aryl methyl sites for hydroxylation is 1. The van der Waals surface area contributed by atoms with Gasteiger partial charge in [-0.1, -0.05) is 30.3 Å². The van der Waals surface area contributed by atoms with Crippen LogP contribution >= 0.6 is 15.9 Å². The number of aromatic amines is 1. The van der Waals surface area contributed by atoms with E-state index >= 15 is 0 Å². The molecule has 0 saturated heterocycles. The summed E-state index contributed by atoms with van der Waals surface area (Å²) in [5, 5.41) is 0.0940. The van der Waals surface area contributed by atoms with E-state index in [1.54, 1.807) is 6.07 Å². The van der Waals surface area contributed by atoms with Crippen LogP contribution in [0.25, 0.3) is 22.2 Å². The molecule has 100 valence electrons. The first-order valence-corrected chi connectivity index (χ1v) is 6.94. The topological polar surface area (TPSA) is 32.9 Å². The van der Waals surface area contributed by atoms with Crippen molar-refractivity contribution < 1.29 is 4.39 Å². The average molecular weight is 332 g/mol. The lowest BCUT2D eigenvalue weighted by molar-refractivity contribution is 0.632. The number of H-pyrrole nitrogens is 1. The fourth-order valence-electron chi connectivity index (χ4n) is 2.29. The number of halogens is 2. The second-order valence-corrected chi connectivity index (χ2v) is 5.51. The molecule has 3 aromatic rings. The third-order valence-electron chi connectivity index (χ3n) is 3.28. The highest BCUT2D eigenvalue weighted by Crippen LogP contribution is 2.27. The Morgan fingerprint density at radius 2 is 1.85 bits per heavy atom. The van der Waals surface area contributed by atoms with E-state index < -0.39 is 5.82 Å². The van der Waals surface area contributed by atoms with Crippen LogP contribution in [-0.2, 0) is 0 Å². The molecule has 3 rings (SSSR count). The minimum absolute atomic E-state index is 0.0940. The number of fused-ring (bicyclic) bond motifs is 1. The zero-order chi connectivity index (χ0) is 14.3. The van der Waals surface area contributed by atoms with Gasteiger partial charge in [0.25, 0.3) is 0 Å². The lowest BCUT2D eigenvalue weighted by Crippen LogP contribution is -2.07. The third kappa shape index (κ3) is 2.06. The van der Waals surface area contributed by atoms with Crippen molar-refractivity contribution in [2.24, 2.45) is 0 Å². The lowest BCUT2D eigenvalue weighted by atomic mass is 10.1. The van der Waals surface area contributed by atoms with Crippen LogP contribution in [0.4, 0.5) is 4.39 Å². The smallest absolute Gasteiger partial charge is 0.193 e. The molecule has 1 N–H and O–H groups in total. The van der Waals surface area contributed by atoms with E-state index in [2.05, 4.69) is 20.9 Å². The predicted octanol–water partition coefficient (Wildman–Crippen LogP) is 4.41. The van der Waals surface area contributed by atoms with Gasteiger partial charge in [-0.25, -0.2) is 4.39 Å². The molecule has 2 nitrogen and oxygen atoms in total. The third-order valence-corrected chi connectivity index (χ3v) is 3.86. The standard InChI is InChI=1S/C16H11BrFNO/c1-9-7-11(17)15(18)14-13(20)8-12(19-16(9)14)10-5-3-2-4-6-10/h2-8H,1H3,(H,19,20). The van der Waals surface area contributed by atoms with Crippen LogP contribution in [0.3, 0.4) is 0 Å². The maximum Gasteiger partial charge on any atom is 0.193 e. The lowest BCUT2D eigenvalue weighted by Gasteiger charge is -2.08. The van der Waals surface area contributed by atoms with Crippen molar-refractivity contribution in [3.05, 3.63) is 68.5 Å². The summed E-state index contributed by atoms with van der Waals surface area (Å²) >= 11 is 3.14. The Morgan fingerprint density at radius 3 is 2.55 bits per heavy atom. The van der Waals surface area contributed by atoms with Crippen LogP contribution in [0.15, 0.2) is 51.7 Å². The largest absolute Gasteiger partial charge is 0.354 e. The van der Waals surface area contributed by atoms with Crippen molar-refractivity contribution in [1.29, 1.82) is 0 Å². The highest BCUT2D eigenvalue weighted by molar-refractivity contribution is 9.10. The molecule has 0 aliphatic rings. The molecule has 4 heteroatoms. The molecule has 0 unspecified atom stereocenters. The number of pyridine rings is 1. The van der Waals surface area contributed by atoms with Gasteiger partial charge in [0, 0.05) is 11.8 Å². The zero-order valence-electron chi connectivity index (χ0n) is 10.7. The summed E-state index contributed by atoms with van der Waals surface area (Å²) in [6.07, 6.45) is 0. The molecule has 2 aromatic carbocycles. The first-order valence-electron chi connectivity index (χ1n) is 6.15. The Labute approximate surface area is 123 Å². The van der Waals surface area contributed by atoms with Crippen molar-refractivity contribution in [2.45, 2.75) is 6.92 Å². The number of hydrogen-bond acceptors (Lipinski definition) is 1. The van der Waals surface area contributed by atoms with Gasteiger partial charge in [-0.15, -0.1) is 0 Å². The molecule has 0 bridgehead atoms. The van der Waals surface area contributed by atoms with Crippen LogP contribution in [-0.4, -0.2) is 4.98 Å². The number of nitrogens with one attached hydrogen (secondary N) is 1. The summed E-state index contributed by atoms with van der Waals surface area (Å²) in [6, 6.07) is 12.6. The molecule has 0 radical (unpaired) electrons. The van der Waals surface area contributed by atoms with Gasteiger partial charge in [0.05, 0.1) is 15.4 Å². The van der Waals surface area contributed by atoms with Crippen molar-refractivity contribution in [3.8, 4) is 11.3 Å². The van der Waals surface area contributed by atoms with Gasteiger partial charge >= 0.3 is 0 Å². The minimum Gasteiger partial charge on any atom is -0.354 e. The molecular weight excluding hydrogens is 321 g/mol. The zero-order valence-corrected chi connectivity index (χ0v) is 12.3. The molecule has 0 saturated carbocycles. The molecule has 0 aliphatic carbocycles. The van der Waals surface area contributed by atoms with Crippen molar-refractivity contribution >= 4 is 26.8 Å². The molecule has 1 heterocycles. The van der Waals surface area contributed by atoms with Crippen LogP contribution in [0, 0.1) is 12.7 Å². The van der Waals surface area contributed by atoms with Gasteiger partial charge in [-0.3, -0.25) is 4.79 Å². The number of rotatable bonds is 1. The van der Waals surface area contributed by atoms with E-state index in [9.17, 15) is 9.18 Å². The van der Waals surface area contributed by atoms with Gasteiger partial charge < -0.3 is 4.98 Å². The first-order chi connectivity index (χ1) is 9.58. The fraction of sp³-hybridized carbons (Fsp3) is 0.0625. The van der Waals surface area contributed by atoms with Crippen molar-refractivity contribution in [2.75, 3.05) is 0 Å². The van der Waals surface area contributed by atoms with Gasteiger partial charge in [-0.2, -0.15) is 0 Å². The fourth-order valence-corrected chi connectivity index (χ4v) is 2.83. The van der Waals surface area contributed by atoms with Crippen LogP contribution in [0.5, 0.6) is 0 Å². The Hall–Kier alpha value is -1.94. The second kappa shape index (κ2) is 4.87. The first kappa shape index (κ1) is 13.1. The van der Waals surface area contributed by atoms with Gasteiger partial charge in [0.1, 0.15) is 0 Å². The van der Waals surface area contributed by atoms with Gasteiger partial charge in [0.15, 0.2) is 11.2 Å². The predicted molar refractivity (Wildman–Crippen MR) is 82.4 cm³/mol. The average Bonchev–Trinajstić information content (AvgIpc) is 2.45. The Kier molecular flexibility index (Phi) is 3.18. The van der Waals surface area contributed by atoms with Crippen LogP contribution in [0.1, 0.15) is 5.56 Å². The second-order valence-electron chi connectivity index (χ2n) is 4.65. The molecule has 20 heavy (non-hydrogen) atoms. The van der Waals surface area contributed by atoms with E-state index in [0.717, 1.165) is 11.1 Å². The summed E-state index contributed by atoms with van der Waals surface area (Å²) in [6.45, 7) is 1.84. The summed E-state index contributed by atoms with van der Waals surface area (Å²) in [4.78, 5) is 15.4. The van der Waals surface area contributed by atoms with E-state index in [4.69, 9.17) is 0 Å². The van der Waals surface area contributed by atoms with Gasteiger partial charge in [0.2, 0.25) is 0 Å². The molecule has 0 fully saturated rings. The highest BCUT2D eigenvalue weighted by Gasteiger charge is 2.13. The van der Waals surface area contributed by atoms with Gasteiger partial charge in [-0.05, 0) is 40.0 Å². The SMILES string of the molecule is Cc1cc(Br)c(F)c2c(=O)cc(-c3ccccc3)[nH]c12. The molecule has 0 aliphatic heterocycles. The molecule has 0 spiro atoms. The summed E-state index contributed by atoms with van der Waals surface area (Å²) in [5.41, 5.74) is 2.63. The van der Waals surface area contributed by atoms with Crippen LogP contribution < -0.4 is 5.43 Å². The number of benzene rings is 2. The Bertz CT molecular complexity index is 856. The van der Waals surface area contributed by atoms with Crippen molar-refractivity contribution in [1.82, 2.24) is 4.98 Å². The van der Waals surface area contributed by atoms with E-state index in [1.807, 2.05) is 37.3 Å². The van der Waals surface area contributed by atoms with E-state index in [1.165, 1.54) is 6.07 Å². The monoisotopic (exact) mass is 331 g/mol. The van der Waals surface area contributed by atoms with Crippen LogP contribution in [0.2, 0.25) is 0 Å². The normalized spacial score (nSPS) is 10.9. The van der Waals surface area contributed by atoms with Crippen molar-refractivity contribution in [3.63, 3.8) is 0 Å². The Morgan fingerprint density at radius 1 is 1.15 bits per heavy atom. The molecule has 0 amide bonds. The summed E-state index contributed by atoms with van der Waals surface area (Å²) < 4.78 is 14.4. The van der Waals surface area contributed by atoms with E-state index in [0.29, 0.717) is 15.7 Å². The molecule has 1 aromatic heterocycles. The minimum atomic E-state index is -0.522. The highest BCUT2D eigenvalue weighted by atomic mass is 79.9. The summed E-state index contributed by atoms with van der Waals surface area (Å²) in [7, 11) is 0. The number of aromatic nitrogens is 1. The maximum absolute atomic E-state index is 14.1. The summed E-state index contributed by atoms with van der Waals surface area (Å²) in [5.74, 6) is -0.522.